The van der Waals surface area contributed by atoms with Crippen LogP contribution in [0, 0.1) is 23.7 Å². The van der Waals surface area contributed by atoms with Crippen molar-refractivity contribution in [3.63, 3.8) is 0 Å². The van der Waals surface area contributed by atoms with Crippen molar-refractivity contribution in [1.29, 1.82) is 0 Å². The van der Waals surface area contributed by atoms with Gasteiger partial charge in [0.1, 0.15) is 0 Å². The predicted octanol–water partition coefficient (Wildman–Crippen LogP) is 4.20. The van der Waals surface area contributed by atoms with Crippen molar-refractivity contribution in [2.24, 2.45) is 23.7 Å². The molecule has 1 aliphatic carbocycles. The number of piperidine rings is 1. The fourth-order valence-electron chi connectivity index (χ4n) is 4.36. The van der Waals surface area contributed by atoms with E-state index in [1.165, 1.54) is 51.6 Å². The van der Waals surface area contributed by atoms with Crippen LogP contribution in [0.25, 0.3) is 0 Å². The minimum Gasteiger partial charge on any atom is -0.380 e. The molecule has 0 spiro atoms. The van der Waals surface area contributed by atoms with Crippen molar-refractivity contribution in [2.75, 3.05) is 26.7 Å². The summed E-state index contributed by atoms with van der Waals surface area (Å²) in [7, 11) is 1.90. The Hall–Kier alpha value is -0.0800. The molecule has 2 aliphatic rings. The van der Waals surface area contributed by atoms with Crippen molar-refractivity contribution in [3.05, 3.63) is 0 Å². The van der Waals surface area contributed by atoms with E-state index in [1.54, 1.807) is 0 Å². The average Bonchev–Trinajstić information content (AvgIpc) is 2.47. The van der Waals surface area contributed by atoms with E-state index in [0.29, 0.717) is 6.10 Å². The standard InChI is InChI=1S/C18H35NO/c1-5-15-6-8-16(9-7-15)12-19-11-10-17(14(2)3)18(13-19)20-4/h14-18H,5-13H2,1-4H3. The number of ether oxygens (including phenoxy) is 1. The van der Waals surface area contributed by atoms with E-state index in [2.05, 4.69) is 25.7 Å². The second kappa shape index (κ2) is 7.79. The molecule has 2 fully saturated rings. The summed E-state index contributed by atoms with van der Waals surface area (Å²) in [6.45, 7) is 10.8. The van der Waals surface area contributed by atoms with Crippen molar-refractivity contribution in [2.45, 2.75) is 65.4 Å². The largest absolute Gasteiger partial charge is 0.380 e. The number of methoxy groups -OCH3 is 1. The summed E-state index contributed by atoms with van der Waals surface area (Å²) < 4.78 is 5.78. The molecule has 0 aromatic heterocycles. The van der Waals surface area contributed by atoms with E-state index >= 15 is 0 Å². The van der Waals surface area contributed by atoms with Crippen LogP contribution in [0.2, 0.25) is 0 Å². The lowest BCUT2D eigenvalue weighted by Gasteiger charge is -2.41. The molecule has 20 heavy (non-hydrogen) atoms. The summed E-state index contributed by atoms with van der Waals surface area (Å²) in [5.74, 6) is 3.48. The van der Waals surface area contributed by atoms with Crippen LogP contribution >= 0.6 is 0 Å². The molecule has 1 saturated heterocycles. The molecule has 1 heterocycles. The van der Waals surface area contributed by atoms with E-state index < -0.39 is 0 Å². The van der Waals surface area contributed by atoms with Crippen LogP contribution in [0.5, 0.6) is 0 Å². The molecule has 0 N–H and O–H groups in total. The second-order valence-corrected chi connectivity index (χ2v) is 7.53. The normalized spacial score (nSPS) is 36.5. The van der Waals surface area contributed by atoms with Gasteiger partial charge in [-0.3, -0.25) is 0 Å². The molecule has 0 aromatic rings. The molecule has 0 aromatic carbocycles. The Morgan fingerprint density at radius 2 is 1.70 bits per heavy atom. The summed E-state index contributed by atoms with van der Waals surface area (Å²) >= 11 is 0. The van der Waals surface area contributed by atoms with Gasteiger partial charge in [0.15, 0.2) is 0 Å². The molecule has 2 heteroatoms. The first kappa shape index (κ1) is 16.3. The minimum absolute atomic E-state index is 0.454. The van der Waals surface area contributed by atoms with Crippen LogP contribution in [0.1, 0.15) is 59.3 Å². The average molecular weight is 281 g/mol. The Morgan fingerprint density at radius 1 is 1.05 bits per heavy atom. The molecule has 2 rings (SSSR count). The number of hydrogen-bond donors (Lipinski definition) is 0. The van der Waals surface area contributed by atoms with E-state index in [-0.39, 0.29) is 0 Å². The van der Waals surface area contributed by atoms with Crippen LogP contribution in [-0.2, 0) is 4.74 Å². The van der Waals surface area contributed by atoms with Gasteiger partial charge >= 0.3 is 0 Å². The summed E-state index contributed by atoms with van der Waals surface area (Å²) in [4.78, 5) is 2.68. The lowest BCUT2D eigenvalue weighted by molar-refractivity contribution is -0.0323. The number of nitrogens with zero attached hydrogens (tertiary/aromatic N) is 1. The quantitative estimate of drug-likeness (QED) is 0.749. The number of rotatable bonds is 5. The molecule has 0 bridgehead atoms. The first-order chi connectivity index (χ1) is 9.63. The van der Waals surface area contributed by atoms with Crippen molar-refractivity contribution < 1.29 is 4.74 Å². The maximum absolute atomic E-state index is 5.78. The van der Waals surface area contributed by atoms with Gasteiger partial charge < -0.3 is 9.64 Å². The highest BCUT2D eigenvalue weighted by Crippen LogP contribution is 2.33. The van der Waals surface area contributed by atoms with Crippen LogP contribution in [-0.4, -0.2) is 37.7 Å². The van der Waals surface area contributed by atoms with Crippen molar-refractivity contribution >= 4 is 0 Å². The van der Waals surface area contributed by atoms with Crippen LogP contribution in [0.4, 0.5) is 0 Å². The lowest BCUT2D eigenvalue weighted by Crippen LogP contribution is -2.48. The highest BCUT2D eigenvalue weighted by Gasteiger charge is 2.32. The van der Waals surface area contributed by atoms with Gasteiger partial charge in [-0.15, -0.1) is 0 Å². The summed E-state index contributed by atoms with van der Waals surface area (Å²) in [6, 6.07) is 0. The molecular weight excluding hydrogens is 246 g/mol. The third-order valence-corrected chi connectivity index (χ3v) is 5.91. The van der Waals surface area contributed by atoms with Gasteiger partial charge in [0.25, 0.3) is 0 Å². The van der Waals surface area contributed by atoms with Gasteiger partial charge in [-0.1, -0.05) is 40.0 Å². The maximum atomic E-state index is 5.78. The maximum Gasteiger partial charge on any atom is 0.0729 e. The highest BCUT2D eigenvalue weighted by molar-refractivity contribution is 4.84. The Bertz CT molecular complexity index is 271. The van der Waals surface area contributed by atoms with Crippen LogP contribution in [0.15, 0.2) is 0 Å². The first-order valence-electron chi connectivity index (χ1n) is 8.89. The third kappa shape index (κ3) is 4.21. The number of hydrogen-bond acceptors (Lipinski definition) is 2. The topological polar surface area (TPSA) is 12.5 Å². The smallest absolute Gasteiger partial charge is 0.0729 e. The minimum atomic E-state index is 0.454. The Balaban J connectivity index is 1.77. The van der Waals surface area contributed by atoms with E-state index in [4.69, 9.17) is 4.74 Å². The first-order valence-corrected chi connectivity index (χ1v) is 8.89. The highest BCUT2D eigenvalue weighted by atomic mass is 16.5. The fourth-order valence-corrected chi connectivity index (χ4v) is 4.36. The van der Waals surface area contributed by atoms with Gasteiger partial charge in [0, 0.05) is 20.2 Å². The summed E-state index contributed by atoms with van der Waals surface area (Å²) in [5, 5.41) is 0. The van der Waals surface area contributed by atoms with Crippen LogP contribution in [0.3, 0.4) is 0 Å². The zero-order chi connectivity index (χ0) is 14.5. The van der Waals surface area contributed by atoms with Crippen molar-refractivity contribution in [3.8, 4) is 0 Å². The SMILES string of the molecule is CCC1CCC(CN2CCC(C(C)C)C(OC)C2)CC1. The Labute approximate surface area is 126 Å². The summed E-state index contributed by atoms with van der Waals surface area (Å²) in [5.41, 5.74) is 0. The molecule has 2 nitrogen and oxygen atoms in total. The zero-order valence-electron chi connectivity index (χ0n) is 14.1. The molecule has 118 valence electrons. The molecule has 1 saturated carbocycles. The van der Waals surface area contributed by atoms with Gasteiger partial charge in [-0.25, -0.2) is 0 Å². The van der Waals surface area contributed by atoms with Gasteiger partial charge in [-0.05, 0) is 49.5 Å². The van der Waals surface area contributed by atoms with Crippen LogP contribution < -0.4 is 0 Å². The van der Waals surface area contributed by atoms with E-state index in [1.807, 2.05) is 7.11 Å². The fraction of sp³-hybridized carbons (Fsp3) is 1.00. The van der Waals surface area contributed by atoms with Gasteiger partial charge in [0.05, 0.1) is 6.10 Å². The molecular formula is C18H35NO. The zero-order valence-corrected chi connectivity index (χ0v) is 14.1. The molecule has 2 unspecified atom stereocenters. The van der Waals surface area contributed by atoms with Gasteiger partial charge in [0.2, 0.25) is 0 Å². The molecule has 0 amide bonds. The Kier molecular flexibility index (Phi) is 6.35. The van der Waals surface area contributed by atoms with Gasteiger partial charge in [-0.2, -0.15) is 0 Å². The Morgan fingerprint density at radius 3 is 2.25 bits per heavy atom. The molecule has 1 aliphatic heterocycles. The lowest BCUT2D eigenvalue weighted by atomic mass is 9.79. The third-order valence-electron chi connectivity index (χ3n) is 5.91. The monoisotopic (exact) mass is 281 g/mol. The summed E-state index contributed by atoms with van der Waals surface area (Å²) in [6.07, 6.45) is 9.02. The molecule has 0 radical (unpaired) electrons. The second-order valence-electron chi connectivity index (χ2n) is 7.53. The molecule has 2 atom stereocenters. The predicted molar refractivity (Wildman–Crippen MR) is 85.9 cm³/mol. The van der Waals surface area contributed by atoms with E-state index in [9.17, 15) is 0 Å². The number of likely N-dealkylation sites (tertiary alicyclic amines) is 1. The van der Waals surface area contributed by atoms with Crippen molar-refractivity contribution in [1.82, 2.24) is 4.90 Å². The van der Waals surface area contributed by atoms with E-state index in [0.717, 1.165) is 30.2 Å².